The number of nitrogens with zero attached hydrogens (tertiary/aromatic N) is 1. The lowest BCUT2D eigenvalue weighted by atomic mass is 10.9. The van der Waals surface area contributed by atoms with Crippen molar-refractivity contribution in [1.82, 2.24) is 4.90 Å². The van der Waals surface area contributed by atoms with Crippen LogP contribution < -0.4 is 0 Å². The van der Waals surface area contributed by atoms with E-state index in [0.29, 0.717) is 13.2 Å². The van der Waals surface area contributed by atoms with Crippen LogP contribution in [0.2, 0.25) is 0 Å². The second-order valence-corrected chi connectivity index (χ2v) is 1.47. The Morgan fingerprint density at radius 2 is 2.29 bits per heavy atom. The highest BCUT2D eigenvalue weighted by Gasteiger charge is 1.82. The first-order chi connectivity index (χ1) is 3.27. The molecule has 0 amide bonds. The van der Waals surface area contributed by atoms with Gasteiger partial charge in [0, 0.05) is 0 Å². The van der Waals surface area contributed by atoms with Crippen LogP contribution in [-0.2, 0) is 9.53 Å². The summed E-state index contributed by atoms with van der Waals surface area (Å²) in [6.45, 7) is 0.795. The molecule has 0 aliphatic rings. The van der Waals surface area contributed by atoms with Gasteiger partial charge in [-0.3, -0.25) is 9.69 Å². The van der Waals surface area contributed by atoms with Crippen molar-refractivity contribution in [2.24, 2.45) is 0 Å². The maximum atomic E-state index is 9.46. The van der Waals surface area contributed by atoms with Gasteiger partial charge in [0.25, 0.3) is 6.47 Å². The molecule has 0 rings (SSSR count). The van der Waals surface area contributed by atoms with Crippen molar-refractivity contribution in [2.45, 2.75) is 0 Å². The van der Waals surface area contributed by atoms with Gasteiger partial charge in [0.1, 0.15) is 6.73 Å². The van der Waals surface area contributed by atoms with E-state index in [2.05, 4.69) is 4.74 Å². The van der Waals surface area contributed by atoms with Gasteiger partial charge in [0.2, 0.25) is 0 Å². The van der Waals surface area contributed by atoms with Crippen LogP contribution in [-0.4, -0.2) is 32.2 Å². The standard InChI is InChI=1S/C4H9NO2/c1-5(2)3-7-4-6/h4H,3H2,1-2H3. The zero-order valence-corrected chi connectivity index (χ0v) is 4.55. The molecular formula is C4H9NO2. The molecule has 0 fully saturated rings. The zero-order valence-electron chi connectivity index (χ0n) is 4.55. The van der Waals surface area contributed by atoms with Crippen molar-refractivity contribution in [2.75, 3.05) is 20.8 Å². The largest absolute Gasteiger partial charge is 0.452 e. The summed E-state index contributed by atoms with van der Waals surface area (Å²) in [5.74, 6) is 0. The summed E-state index contributed by atoms with van der Waals surface area (Å²) in [5, 5.41) is 0. The molecule has 3 heteroatoms. The molecular weight excluding hydrogens is 94.0 g/mol. The Morgan fingerprint density at radius 1 is 1.71 bits per heavy atom. The van der Waals surface area contributed by atoms with Crippen molar-refractivity contribution < 1.29 is 9.53 Å². The normalized spacial score (nSPS) is 9.00. The van der Waals surface area contributed by atoms with Gasteiger partial charge in [-0.05, 0) is 14.1 Å². The van der Waals surface area contributed by atoms with E-state index in [1.165, 1.54) is 0 Å². The third kappa shape index (κ3) is 5.43. The molecule has 0 aliphatic carbocycles. The molecule has 0 aromatic rings. The highest BCUT2D eigenvalue weighted by molar-refractivity contribution is 5.36. The molecule has 0 bridgehead atoms. The fraction of sp³-hybridized carbons (Fsp3) is 0.750. The summed E-state index contributed by atoms with van der Waals surface area (Å²) in [7, 11) is 3.65. The van der Waals surface area contributed by atoms with Crippen LogP contribution in [0.15, 0.2) is 0 Å². The third-order valence-corrected chi connectivity index (χ3v) is 0.401. The SMILES string of the molecule is CN(C)COC=O. The lowest BCUT2D eigenvalue weighted by Crippen LogP contribution is -2.14. The first-order valence-electron chi connectivity index (χ1n) is 1.97. The van der Waals surface area contributed by atoms with E-state index in [4.69, 9.17) is 0 Å². The second-order valence-electron chi connectivity index (χ2n) is 1.47. The first-order valence-corrected chi connectivity index (χ1v) is 1.97. The van der Waals surface area contributed by atoms with E-state index in [0.717, 1.165) is 0 Å². The van der Waals surface area contributed by atoms with Crippen molar-refractivity contribution in [1.29, 1.82) is 0 Å². The van der Waals surface area contributed by atoms with E-state index >= 15 is 0 Å². The van der Waals surface area contributed by atoms with Crippen molar-refractivity contribution >= 4 is 6.47 Å². The summed E-state index contributed by atoms with van der Waals surface area (Å²) in [6.07, 6.45) is 0. The fourth-order valence-electron chi connectivity index (χ4n) is 0.180. The molecule has 0 N–H and O–H groups in total. The minimum Gasteiger partial charge on any atom is -0.452 e. The van der Waals surface area contributed by atoms with Crippen LogP contribution in [0, 0.1) is 0 Å². The molecule has 0 saturated carbocycles. The molecule has 0 aliphatic heterocycles. The Labute approximate surface area is 42.9 Å². The van der Waals surface area contributed by atoms with Gasteiger partial charge in [0.15, 0.2) is 0 Å². The van der Waals surface area contributed by atoms with Crippen LogP contribution in [0.1, 0.15) is 0 Å². The molecule has 3 nitrogen and oxygen atoms in total. The van der Waals surface area contributed by atoms with Gasteiger partial charge in [-0.15, -0.1) is 0 Å². The number of hydrogen-bond donors (Lipinski definition) is 0. The Bertz CT molecular complexity index is 53.7. The number of carbonyl (C=O) groups is 1. The Kier molecular flexibility index (Phi) is 3.32. The first kappa shape index (κ1) is 6.43. The lowest BCUT2D eigenvalue weighted by Gasteiger charge is -2.04. The van der Waals surface area contributed by atoms with Crippen molar-refractivity contribution in [3.63, 3.8) is 0 Å². The van der Waals surface area contributed by atoms with Crippen molar-refractivity contribution in [3.8, 4) is 0 Å². The highest BCUT2D eigenvalue weighted by Crippen LogP contribution is 1.70. The average molecular weight is 103 g/mol. The van der Waals surface area contributed by atoms with Gasteiger partial charge in [-0.25, -0.2) is 0 Å². The summed E-state index contributed by atoms with van der Waals surface area (Å²) < 4.78 is 4.34. The number of carbonyl (C=O) groups excluding carboxylic acids is 1. The van der Waals surface area contributed by atoms with Gasteiger partial charge in [0.05, 0.1) is 0 Å². The molecule has 0 saturated heterocycles. The van der Waals surface area contributed by atoms with Crippen LogP contribution in [0.5, 0.6) is 0 Å². The molecule has 0 aromatic heterocycles. The predicted molar refractivity (Wildman–Crippen MR) is 25.7 cm³/mol. The van der Waals surface area contributed by atoms with Crippen LogP contribution >= 0.6 is 0 Å². The Balaban J connectivity index is 2.81. The lowest BCUT2D eigenvalue weighted by molar-refractivity contribution is -0.132. The second kappa shape index (κ2) is 3.61. The maximum Gasteiger partial charge on any atom is 0.294 e. The summed E-state index contributed by atoms with van der Waals surface area (Å²) in [5.41, 5.74) is 0. The van der Waals surface area contributed by atoms with Gasteiger partial charge in [-0.2, -0.15) is 0 Å². The van der Waals surface area contributed by atoms with Gasteiger partial charge in [-0.1, -0.05) is 0 Å². The van der Waals surface area contributed by atoms with Gasteiger partial charge >= 0.3 is 0 Å². The molecule has 0 unspecified atom stereocenters. The molecule has 0 heterocycles. The fourth-order valence-corrected chi connectivity index (χ4v) is 0.180. The summed E-state index contributed by atoms with van der Waals surface area (Å²) in [4.78, 5) is 11.2. The summed E-state index contributed by atoms with van der Waals surface area (Å²) >= 11 is 0. The Morgan fingerprint density at radius 3 is 2.43 bits per heavy atom. The van der Waals surface area contributed by atoms with Crippen LogP contribution in [0.25, 0.3) is 0 Å². The van der Waals surface area contributed by atoms with E-state index in [-0.39, 0.29) is 0 Å². The monoisotopic (exact) mass is 103 g/mol. The van der Waals surface area contributed by atoms with E-state index in [1.807, 2.05) is 14.1 Å². The number of rotatable bonds is 3. The smallest absolute Gasteiger partial charge is 0.294 e. The number of ether oxygens (including phenoxy) is 1. The minimum atomic E-state index is 0.365. The van der Waals surface area contributed by atoms with Crippen molar-refractivity contribution in [3.05, 3.63) is 0 Å². The molecule has 0 radical (unpaired) electrons. The molecule has 0 atom stereocenters. The van der Waals surface area contributed by atoms with E-state index in [9.17, 15) is 4.79 Å². The van der Waals surface area contributed by atoms with Gasteiger partial charge < -0.3 is 4.74 Å². The van der Waals surface area contributed by atoms with Crippen LogP contribution in [0.4, 0.5) is 0 Å². The third-order valence-electron chi connectivity index (χ3n) is 0.401. The maximum absolute atomic E-state index is 9.46. The molecule has 7 heavy (non-hydrogen) atoms. The predicted octanol–water partition coefficient (Wildman–Crippen LogP) is -0.322. The van der Waals surface area contributed by atoms with E-state index < -0.39 is 0 Å². The zero-order chi connectivity index (χ0) is 5.70. The summed E-state index contributed by atoms with van der Waals surface area (Å²) in [6, 6.07) is 0. The van der Waals surface area contributed by atoms with E-state index in [1.54, 1.807) is 4.90 Å². The number of hydrogen-bond acceptors (Lipinski definition) is 3. The molecule has 42 valence electrons. The molecule has 0 aromatic carbocycles. The highest BCUT2D eigenvalue weighted by atomic mass is 16.5. The van der Waals surface area contributed by atoms with Crippen LogP contribution in [0.3, 0.4) is 0 Å². The average Bonchev–Trinajstić information content (AvgIpc) is 1.61. The minimum absolute atomic E-state index is 0.365. The quantitative estimate of drug-likeness (QED) is 0.362. The molecule has 0 spiro atoms. The topological polar surface area (TPSA) is 29.5 Å². The Hall–Kier alpha value is -0.570.